The molecule has 1 saturated heterocycles. The fraction of sp³-hybridized carbons (Fsp3) is 0.769. The number of carboxylic acid groups (broad SMARTS) is 1. The predicted molar refractivity (Wildman–Crippen MR) is 74.5 cm³/mol. The van der Waals surface area contributed by atoms with Gasteiger partial charge >= 0.3 is 12.0 Å². The maximum atomic E-state index is 12.3. The molecule has 118 valence electrons. The van der Waals surface area contributed by atoms with Crippen LogP contribution in [0.5, 0.6) is 0 Å². The van der Waals surface area contributed by atoms with Crippen molar-refractivity contribution in [2.24, 2.45) is 11.7 Å². The lowest BCUT2D eigenvalue weighted by Gasteiger charge is -2.37. The minimum Gasteiger partial charge on any atom is -0.480 e. The fourth-order valence-electron chi connectivity index (χ4n) is 2.53. The van der Waals surface area contributed by atoms with E-state index in [-0.39, 0.29) is 6.54 Å². The van der Waals surface area contributed by atoms with Crippen molar-refractivity contribution in [1.29, 1.82) is 0 Å². The van der Waals surface area contributed by atoms with Crippen molar-refractivity contribution in [3.05, 3.63) is 0 Å². The number of aliphatic carboxylic acids is 1. The van der Waals surface area contributed by atoms with Crippen molar-refractivity contribution in [2.75, 3.05) is 45.8 Å². The van der Waals surface area contributed by atoms with Crippen LogP contribution in [0, 0.1) is 5.92 Å². The minimum absolute atomic E-state index is 0.368. The molecule has 21 heavy (non-hydrogen) atoms. The molecule has 0 bridgehead atoms. The first-order valence-electron chi connectivity index (χ1n) is 7.22. The molecule has 0 aromatic rings. The summed E-state index contributed by atoms with van der Waals surface area (Å²) in [6.45, 7) is 2.90. The molecular weight excluding hydrogens is 276 g/mol. The van der Waals surface area contributed by atoms with Crippen LogP contribution >= 0.6 is 0 Å². The molecule has 0 radical (unpaired) electrons. The maximum Gasteiger partial charge on any atom is 0.323 e. The van der Waals surface area contributed by atoms with Gasteiger partial charge in [0.25, 0.3) is 0 Å². The molecule has 2 rings (SSSR count). The maximum absolute atomic E-state index is 12.3. The van der Waals surface area contributed by atoms with Crippen molar-refractivity contribution in [2.45, 2.75) is 12.8 Å². The van der Waals surface area contributed by atoms with Crippen molar-refractivity contribution < 1.29 is 19.5 Å². The molecule has 2 aliphatic rings. The monoisotopic (exact) mass is 298 g/mol. The van der Waals surface area contributed by atoms with Crippen molar-refractivity contribution >= 4 is 17.9 Å². The van der Waals surface area contributed by atoms with E-state index in [2.05, 4.69) is 4.90 Å². The second-order valence-electron chi connectivity index (χ2n) is 5.73. The van der Waals surface area contributed by atoms with Gasteiger partial charge in [0.1, 0.15) is 13.1 Å². The normalized spacial score (nSPS) is 19.3. The van der Waals surface area contributed by atoms with Gasteiger partial charge in [-0.1, -0.05) is 0 Å². The van der Waals surface area contributed by atoms with Gasteiger partial charge < -0.3 is 20.6 Å². The molecule has 8 heteroatoms. The lowest BCUT2D eigenvalue weighted by molar-refractivity contribution is -0.138. The largest absolute Gasteiger partial charge is 0.480 e. The number of hydrogen-bond acceptors (Lipinski definition) is 4. The van der Waals surface area contributed by atoms with Crippen molar-refractivity contribution in [1.82, 2.24) is 14.7 Å². The number of rotatable bonds is 6. The number of carboxylic acids is 1. The van der Waals surface area contributed by atoms with Gasteiger partial charge in [-0.05, 0) is 18.8 Å². The van der Waals surface area contributed by atoms with Gasteiger partial charge in [0.05, 0.1) is 0 Å². The summed E-state index contributed by atoms with van der Waals surface area (Å²) in [6, 6.07) is -0.428. The zero-order chi connectivity index (χ0) is 15.4. The number of urea groups is 1. The molecule has 0 spiro atoms. The lowest BCUT2D eigenvalue weighted by Crippen LogP contribution is -2.55. The third-order valence-corrected chi connectivity index (χ3v) is 3.80. The summed E-state index contributed by atoms with van der Waals surface area (Å²) in [5, 5.41) is 8.82. The Morgan fingerprint density at radius 3 is 2.19 bits per heavy atom. The van der Waals surface area contributed by atoms with E-state index in [1.165, 1.54) is 12.8 Å². The molecular formula is C13H22N4O4. The Labute approximate surface area is 123 Å². The van der Waals surface area contributed by atoms with Crippen LogP contribution in [0.4, 0.5) is 4.79 Å². The van der Waals surface area contributed by atoms with Crippen LogP contribution in [0.15, 0.2) is 0 Å². The van der Waals surface area contributed by atoms with Gasteiger partial charge in [0.2, 0.25) is 5.91 Å². The average molecular weight is 298 g/mol. The lowest BCUT2D eigenvalue weighted by atomic mass is 10.3. The second kappa shape index (κ2) is 6.75. The van der Waals surface area contributed by atoms with Crippen LogP contribution in [-0.2, 0) is 9.59 Å². The summed E-state index contributed by atoms with van der Waals surface area (Å²) in [6.07, 6.45) is 2.59. The van der Waals surface area contributed by atoms with Crippen LogP contribution in [0.3, 0.4) is 0 Å². The van der Waals surface area contributed by atoms with E-state index in [0.29, 0.717) is 13.1 Å². The van der Waals surface area contributed by atoms with Gasteiger partial charge in [-0.15, -0.1) is 0 Å². The topological polar surface area (TPSA) is 107 Å². The molecule has 2 fully saturated rings. The zero-order valence-corrected chi connectivity index (χ0v) is 12.0. The van der Waals surface area contributed by atoms with E-state index < -0.39 is 24.5 Å². The average Bonchev–Trinajstić information content (AvgIpc) is 3.21. The van der Waals surface area contributed by atoms with Crippen LogP contribution in [0.25, 0.3) is 0 Å². The molecule has 1 aliphatic heterocycles. The Balaban J connectivity index is 1.84. The third-order valence-electron chi connectivity index (χ3n) is 3.80. The summed E-state index contributed by atoms with van der Waals surface area (Å²) >= 11 is 0. The van der Waals surface area contributed by atoms with E-state index in [1.807, 2.05) is 0 Å². The standard InChI is InChI=1S/C13H22N4O4/c14-11(18)8-17(9-12(19)20)13(21)16-5-3-15(4-6-16)7-10-1-2-10/h10H,1-9H2,(H2,14,18)(H,19,20). The Morgan fingerprint density at radius 1 is 1.10 bits per heavy atom. The minimum atomic E-state index is -1.16. The number of nitrogens with zero attached hydrogens (tertiary/aromatic N) is 3. The number of amides is 3. The number of carbonyl (C=O) groups is 3. The van der Waals surface area contributed by atoms with E-state index in [0.717, 1.165) is 30.5 Å². The van der Waals surface area contributed by atoms with Gasteiger partial charge in [-0.3, -0.25) is 14.5 Å². The molecule has 3 amide bonds. The molecule has 0 aromatic heterocycles. The van der Waals surface area contributed by atoms with Crippen molar-refractivity contribution in [3.63, 3.8) is 0 Å². The molecule has 0 unspecified atom stereocenters. The molecule has 1 aliphatic carbocycles. The first kappa shape index (κ1) is 15.6. The molecule has 8 nitrogen and oxygen atoms in total. The number of nitrogens with two attached hydrogens (primary N) is 1. The number of piperazine rings is 1. The molecule has 3 N–H and O–H groups in total. The Bertz CT molecular complexity index is 400. The van der Waals surface area contributed by atoms with Crippen molar-refractivity contribution in [3.8, 4) is 0 Å². The number of hydrogen-bond donors (Lipinski definition) is 2. The Morgan fingerprint density at radius 2 is 1.71 bits per heavy atom. The highest BCUT2D eigenvalue weighted by Crippen LogP contribution is 2.29. The summed E-state index contributed by atoms with van der Waals surface area (Å²) in [4.78, 5) is 38.9. The smallest absolute Gasteiger partial charge is 0.323 e. The predicted octanol–water partition coefficient (Wildman–Crippen LogP) is -0.994. The van der Waals surface area contributed by atoms with Gasteiger partial charge in [0, 0.05) is 32.7 Å². The SMILES string of the molecule is NC(=O)CN(CC(=O)O)C(=O)N1CCN(CC2CC2)CC1. The quantitative estimate of drug-likeness (QED) is 0.654. The third kappa shape index (κ3) is 4.89. The van der Waals surface area contributed by atoms with E-state index in [4.69, 9.17) is 10.8 Å². The molecule has 0 aromatic carbocycles. The van der Waals surface area contributed by atoms with E-state index >= 15 is 0 Å². The van der Waals surface area contributed by atoms with Gasteiger partial charge in [0.15, 0.2) is 0 Å². The zero-order valence-electron chi connectivity index (χ0n) is 12.0. The molecule has 1 heterocycles. The van der Waals surface area contributed by atoms with E-state index in [1.54, 1.807) is 4.90 Å². The summed E-state index contributed by atoms with van der Waals surface area (Å²) in [7, 11) is 0. The van der Waals surface area contributed by atoms with Crippen LogP contribution in [0.1, 0.15) is 12.8 Å². The number of carbonyl (C=O) groups excluding carboxylic acids is 2. The molecule has 1 saturated carbocycles. The highest BCUT2D eigenvalue weighted by Gasteiger charge is 2.30. The highest BCUT2D eigenvalue weighted by atomic mass is 16.4. The van der Waals surface area contributed by atoms with Crippen LogP contribution in [0.2, 0.25) is 0 Å². The van der Waals surface area contributed by atoms with Gasteiger partial charge in [-0.25, -0.2) is 4.79 Å². The summed E-state index contributed by atoms with van der Waals surface area (Å²) in [5.41, 5.74) is 5.07. The highest BCUT2D eigenvalue weighted by molar-refractivity contribution is 5.86. The van der Waals surface area contributed by atoms with Crippen LogP contribution in [-0.4, -0.2) is 83.5 Å². The fourth-order valence-corrected chi connectivity index (χ4v) is 2.53. The first-order chi connectivity index (χ1) is 9.95. The Kier molecular flexibility index (Phi) is 5.00. The summed E-state index contributed by atoms with van der Waals surface area (Å²) in [5.74, 6) is -1.06. The summed E-state index contributed by atoms with van der Waals surface area (Å²) < 4.78 is 0. The van der Waals surface area contributed by atoms with E-state index in [9.17, 15) is 14.4 Å². The first-order valence-corrected chi connectivity index (χ1v) is 7.22. The Hall–Kier alpha value is -1.83. The van der Waals surface area contributed by atoms with Crippen LogP contribution < -0.4 is 5.73 Å². The van der Waals surface area contributed by atoms with Gasteiger partial charge in [-0.2, -0.15) is 0 Å². The number of primary amides is 1. The molecule has 0 atom stereocenters. The second-order valence-corrected chi connectivity index (χ2v) is 5.73.